The van der Waals surface area contributed by atoms with Crippen LogP contribution in [0.5, 0.6) is 5.88 Å². The quantitative estimate of drug-likeness (QED) is 0.860. The van der Waals surface area contributed by atoms with Crippen molar-refractivity contribution in [1.82, 2.24) is 10.3 Å². The Hall–Kier alpha value is -1.58. The number of nitrogens with one attached hydrogen (secondary N) is 1. The molecular weight excluding hydrogens is 284 g/mol. The van der Waals surface area contributed by atoms with Crippen LogP contribution in [0.4, 0.5) is 0 Å². The molecule has 2 rings (SSSR count). The fourth-order valence-corrected chi connectivity index (χ4v) is 2.15. The monoisotopic (exact) mass is 304 g/mol. The number of hydrogen-bond acceptors (Lipinski definition) is 3. The first kappa shape index (κ1) is 15.8. The number of nitrogens with zero attached hydrogens (tertiary/aromatic N) is 1. The summed E-state index contributed by atoms with van der Waals surface area (Å²) in [6.45, 7) is 6.84. The molecule has 4 heteroatoms. The second kappa shape index (κ2) is 7.43. The van der Waals surface area contributed by atoms with Gasteiger partial charge < -0.3 is 10.1 Å². The highest BCUT2D eigenvalue weighted by atomic mass is 35.5. The highest BCUT2D eigenvalue weighted by Gasteiger charge is 2.09. The van der Waals surface area contributed by atoms with Crippen LogP contribution >= 0.6 is 11.6 Å². The van der Waals surface area contributed by atoms with E-state index in [1.807, 2.05) is 50.2 Å². The summed E-state index contributed by atoms with van der Waals surface area (Å²) in [5, 5.41) is 4.24. The van der Waals surface area contributed by atoms with Crippen LogP contribution in [0.25, 0.3) is 0 Å². The summed E-state index contributed by atoms with van der Waals surface area (Å²) in [6.07, 6.45) is 1.87. The normalized spacial score (nSPS) is 12.4. The molecule has 21 heavy (non-hydrogen) atoms. The molecule has 0 saturated carbocycles. The lowest BCUT2D eigenvalue weighted by molar-refractivity contribution is 0.229. The van der Waals surface area contributed by atoms with Crippen LogP contribution in [0.1, 0.15) is 37.9 Å². The molecule has 1 unspecified atom stereocenters. The van der Waals surface area contributed by atoms with Gasteiger partial charge >= 0.3 is 0 Å². The SMILES string of the molecule is CC(C)Oc1ncccc1CNC(C)c1ccc(Cl)cc1. The predicted octanol–water partition coefficient (Wildman–Crippen LogP) is 4.37. The van der Waals surface area contributed by atoms with Crippen LogP contribution in [0.3, 0.4) is 0 Å². The molecule has 0 amide bonds. The first-order chi connectivity index (χ1) is 10.1. The van der Waals surface area contributed by atoms with Gasteiger partial charge in [0.15, 0.2) is 0 Å². The van der Waals surface area contributed by atoms with Gasteiger partial charge in [0, 0.05) is 29.4 Å². The number of benzene rings is 1. The first-order valence-corrected chi connectivity index (χ1v) is 7.53. The molecule has 1 atom stereocenters. The second-order valence-corrected chi connectivity index (χ2v) is 5.72. The second-order valence-electron chi connectivity index (χ2n) is 5.29. The van der Waals surface area contributed by atoms with E-state index in [1.54, 1.807) is 6.20 Å². The zero-order chi connectivity index (χ0) is 15.2. The van der Waals surface area contributed by atoms with E-state index in [9.17, 15) is 0 Å². The minimum atomic E-state index is 0.118. The van der Waals surface area contributed by atoms with Gasteiger partial charge in [0.2, 0.25) is 5.88 Å². The van der Waals surface area contributed by atoms with Crippen molar-refractivity contribution in [2.75, 3.05) is 0 Å². The van der Waals surface area contributed by atoms with E-state index in [2.05, 4.69) is 17.2 Å². The Morgan fingerprint density at radius 2 is 1.86 bits per heavy atom. The summed E-state index contributed by atoms with van der Waals surface area (Å²) in [6, 6.07) is 12.1. The van der Waals surface area contributed by atoms with Crippen molar-refractivity contribution in [3.8, 4) is 5.88 Å². The predicted molar refractivity (Wildman–Crippen MR) is 86.7 cm³/mol. The lowest BCUT2D eigenvalue weighted by Crippen LogP contribution is -2.19. The van der Waals surface area contributed by atoms with Gasteiger partial charge in [0.05, 0.1) is 6.10 Å². The average molecular weight is 305 g/mol. The molecule has 0 bridgehead atoms. The number of pyridine rings is 1. The highest BCUT2D eigenvalue weighted by molar-refractivity contribution is 6.30. The molecule has 1 N–H and O–H groups in total. The van der Waals surface area contributed by atoms with E-state index >= 15 is 0 Å². The van der Waals surface area contributed by atoms with Crippen molar-refractivity contribution in [2.45, 2.75) is 39.5 Å². The van der Waals surface area contributed by atoms with Crippen molar-refractivity contribution in [3.63, 3.8) is 0 Å². The van der Waals surface area contributed by atoms with Crippen molar-refractivity contribution < 1.29 is 4.74 Å². The average Bonchev–Trinajstić information content (AvgIpc) is 2.46. The standard InChI is InChI=1S/C17H21ClN2O/c1-12(2)21-17-15(5-4-10-19-17)11-20-13(3)14-6-8-16(18)9-7-14/h4-10,12-13,20H,11H2,1-3H3. The number of ether oxygens (including phenoxy) is 1. The summed E-state index contributed by atoms with van der Waals surface area (Å²) >= 11 is 5.91. The smallest absolute Gasteiger partial charge is 0.218 e. The van der Waals surface area contributed by atoms with Gasteiger partial charge in [-0.25, -0.2) is 4.98 Å². The van der Waals surface area contributed by atoms with Gasteiger partial charge in [-0.3, -0.25) is 0 Å². The topological polar surface area (TPSA) is 34.1 Å². The summed E-state index contributed by atoms with van der Waals surface area (Å²) < 4.78 is 5.73. The minimum absolute atomic E-state index is 0.118. The largest absolute Gasteiger partial charge is 0.475 e. The molecule has 0 spiro atoms. The molecule has 1 heterocycles. The first-order valence-electron chi connectivity index (χ1n) is 7.15. The maximum Gasteiger partial charge on any atom is 0.218 e. The lowest BCUT2D eigenvalue weighted by Gasteiger charge is -2.17. The summed E-state index contributed by atoms with van der Waals surface area (Å²) in [5.74, 6) is 0.698. The van der Waals surface area contributed by atoms with Crippen LogP contribution in [0.2, 0.25) is 5.02 Å². The van der Waals surface area contributed by atoms with Gasteiger partial charge in [-0.05, 0) is 44.5 Å². The fraction of sp³-hybridized carbons (Fsp3) is 0.353. The molecule has 3 nitrogen and oxygen atoms in total. The molecule has 2 aromatic rings. The molecule has 0 aliphatic rings. The molecular formula is C17H21ClN2O. The van der Waals surface area contributed by atoms with E-state index in [-0.39, 0.29) is 12.1 Å². The van der Waals surface area contributed by atoms with Gasteiger partial charge in [0.1, 0.15) is 0 Å². The molecule has 1 aromatic carbocycles. The molecule has 1 aromatic heterocycles. The Kier molecular flexibility index (Phi) is 5.59. The van der Waals surface area contributed by atoms with Gasteiger partial charge in [-0.2, -0.15) is 0 Å². The third kappa shape index (κ3) is 4.73. The van der Waals surface area contributed by atoms with Crippen molar-refractivity contribution in [1.29, 1.82) is 0 Å². The molecule has 0 radical (unpaired) electrons. The molecule has 0 aliphatic heterocycles. The molecule has 0 aliphatic carbocycles. The van der Waals surface area contributed by atoms with Crippen molar-refractivity contribution >= 4 is 11.6 Å². The van der Waals surface area contributed by atoms with Gasteiger partial charge in [-0.1, -0.05) is 29.8 Å². The number of halogens is 1. The van der Waals surface area contributed by atoms with Crippen LogP contribution < -0.4 is 10.1 Å². The summed E-state index contributed by atoms with van der Waals surface area (Å²) in [5.41, 5.74) is 2.27. The van der Waals surface area contributed by atoms with Crippen LogP contribution in [0, 0.1) is 0 Å². The molecule has 0 fully saturated rings. The fourth-order valence-electron chi connectivity index (χ4n) is 2.02. The Morgan fingerprint density at radius 3 is 2.52 bits per heavy atom. The highest BCUT2D eigenvalue weighted by Crippen LogP contribution is 2.19. The minimum Gasteiger partial charge on any atom is -0.475 e. The third-order valence-electron chi connectivity index (χ3n) is 3.17. The van der Waals surface area contributed by atoms with E-state index in [4.69, 9.17) is 16.3 Å². The van der Waals surface area contributed by atoms with Crippen LogP contribution in [-0.4, -0.2) is 11.1 Å². The van der Waals surface area contributed by atoms with E-state index in [1.165, 1.54) is 5.56 Å². The summed E-state index contributed by atoms with van der Waals surface area (Å²) in [4.78, 5) is 4.30. The zero-order valence-electron chi connectivity index (χ0n) is 12.6. The van der Waals surface area contributed by atoms with Crippen molar-refractivity contribution in [2.24, 2.45) is 0 Å². The Bertz CT molecular complexity index is 569. The van der Waals surface area contributed by atoms with Crippen LogP contribution in [-0.2, 0) is 6.54 Å². The van der Waals surface area contributed by atoms with E-state index in [0.29, 0.717) is 12.4 Å². The molecule has 0 saturated heterocycles. The third-order valence-corrected chi connectivity index (χ3v) is 3.42. The number of rotatable bonds is 6. The number of hydrogen-bond donors (Lipinski definition) is 1. The van der Waals surface area contributed by atoms with E-state index in [0.717, 1.165) is 10.6 Å². The summed E-state index contributed by atoms with van der Waals surface area (Å²) in [7, 11) is 0. The molecule has 112 valence electrons. The van der Waals surface area contributed by atoms with E-state index < -0.39 is 0 Å². The van der Waals surface area contributed by atoms with Crippen molar-refractivity contribution in [3.05, 3.63) is 58.7 Å². The lowest BCUT2D eigenvalue weighted by atomic mass is 10.1. The van der Waals surface area contributed by atoms with Gasteiger partial charge in [-0.15, -0.1) is 0 Å². The maximum absolute atomic E-state index is 5.91. The van der Waals surface area contributed by atoms with Crippen LogP contribution in [0.15, 0.2) is 42.6 Å². The zero-order valence-corrected chi connectivity index (χ0v) is 13.4. The Morgan fingerprint density at radius 1 is 1.14 bits per heavy atom. The maximum atomic E-state index is 5.91. The van der Waals surface area contributed by atoms with Gasteiger partial charge in [0.25, 0.3) is 0 Å². The Balaban J connectivity index is 2.01. The number of aromatic nitrogens is 1. The Labute approximate surface area is 131 Å².